The molecule has 8 heteroatoms. The summed E-state index contributed by atoms with van der Waals surface area (Å²) < 4.78 is 12.3. The second kappa shape index (κ2) is 7.26. The van der Waals surface area contributed by atoms with Crippen molar-refractivity contribution in [3.63, 3.8) is 0 Å². The van der Waals surface area contributed by atoms with E-state index in [1.165, 1.54) is 0 Å². The summed E-state index contributed by atoms with van der Waals surface area (Å²) in [6.07, 6.45) is 6.49. The third-order valence-electron chi connectivity index (χ3n) is 4.37. The van der Waals surface area contributed by atoms with Gasteiger partial charge in [-0.15, -0.1) is 5.10 Å². The average Bonchev–Trinajstić information content (AvgIpc) is 3.34. The standard InChI is InChI=1S/C17H24N4O4/c1-11-9-14(12(2)18-10-11)20-15(13-5-6-13)16(21(22)23)17(19-20)25-8-4-7-24-3/h9-10,12-13,18H,4-8H2,1-3H3. The van der Waals surface area contributed by atoms with Gasteiger partial charge in [0.2, 0.25) is 0 Å². The van der Waals surface area contributed by atoms with Crippen molar-refractivity contribution in [3.8, 4) is 5.88 Å². The number of hydrogen-bond donors (Lipinski definition) is 1. The van der Waals surface area contributed by atoms with Crippen LogP contribution in [0.3, 0.4) is 0 Å². The SMILES string of the molecule is COCCCOc1nn(C2=CC(C)=CNC2C)c(C2CC2)c1[N+](=O)[O-]. The minimum Gasteiger partial charge on any atom is -0.472 e. The number of ether oxygens (including phenoxy) is 2. The highest BCUT2D eigenvalue weighted by atomic mass is 16.6. The maximum Gasteiger partial charge on any atom is 0.354 e. The minimum atomic E-state index is -0.368. The highest BCUT2D eigenvalue weighted by Crippen LogP contribution is 2.48. The van der Waals surface area contributed by atoms with Crippen LogP contribution < -0.4 is 10.1 Å². The predicted octanol–water partition coefficient (Wildman–Crippen LogP) is 2.82. The van der Waals surface area contributed by atoms with Gasteiger partial charge >= 0.3 is 11.6 Å². The lowest BCUT2D eigenvalue weighted by molar-refractivity contribution is -0.386. The van der Waals surface area contributed by atoms with Crippen molar-refractivity contribution >= 4 is 11.4 Å². The molecule has 0 spiro atoms. The Labute approximate surface area is 146 Å². The molecule has 3 rings (SSSR count). The Morgan fingerprint density at radius 2 is 2.20 bits per heavy atom. The molecule has 1 atom stereocenters. The van der Waals surface area contributed by atoms with Gasteiger partial charge in [-0.1, -0.05) is 0 Å². The van der Waals surface area contributed by atoms with E-state index in [1.807, 2.05) is 26.1 Å². The predicted molar refractivity (Wildman–Crippen MR) is 93.5 cm³/mol. The molecule has 1 unspecified atom stereocenters. The molecule has 1 fully saturated rings. The number of nitrogens with one attached hydrogen (secondary N) is 1. The summed E-state index contributed by atoms with van der Waals surface area (Å²) in [7, 11) is 1.61. The lowest BCUT2D eigenvalue weighted by atomic mass is 10.1. The van der Waals surface area contributed by atoms with Gasteiger partial charge in [-0.2, -0.15) is 0 Å². The molecule has 1 saturated carbocycles. The number of dihydropyridines is 1. The van der Waals surface area contributed by atoms with Gasteiger partial charge in [0.15, 0.2) is 0 Å². The van der Waals surface area contributed by atoms with Crippen LogP contribution in [0.1, 0.15) is 44.7 Å². The zero-order valence-corrected chi connectivity index (χ0v) is 14.8. The number of nitro groups is 1. The summed E-state index contributed by atoms with van der Waals surface area (Å²) >= 11 is 0. The molecule has 25 heavy (non-hydrogen) atoms. The van der Waals surface area contributed by atoms with E-state index in [0.29, 0.717) is 25.3 Å². The minimum absolute atomic E-state index is 0.000206. The molecule has 1 N–H and O–H groups in total. The van der Waals surface area contributed by atoms with E-state index in [1.54, 1.807) is 11.8 Å². The fourth-order valence-corrected chi connectivity index (χ4v) is 2.95. The van der Waals surface area contributed by atoms with Crippen LogP contribution in [0.4, 0.5) is 5.69 Å². The van der Waals surface area contributed by atoms with Crippen LogP contribution in [0.5, 0.6) is 5.88 Å². The number of aromatic nitrogens is 2. The van der Waals surface area contributed by atoms with Crippen LogP contribution in [-0.2, 0) is 4.74 Å². The van der Waals surface area contributed by atoms with Crippen LogP contribution in [0.25, 0.3) is 5.70 Å². The van der Waals surface area contributed by atoms with Crippen molar-refractivity contribution < 1.29 is 14.4 Å². The number of nitrogens with zero attached hydrogens (tertiary/aromatic N) is 3. The quantitative estimate of drug-likeness (QED) is 0.441. The second-order valence-corrected chi connectivity index (χ2v) is 6.52. The van der Waals surface area contributed by atoms with Crippen LogP contribution in [0.2, 0.25) is 0 Å². The molecule has 0 amide bonds. The molecule has 0 aromatic carbocycles. The van der Waals surface area contributed by atoms with Crippen molar-refractivity contribution in [2.45, 2.75) is 45.1 Å². The van der Waals surface area contributed by atoms with Gasteiger partial charge in [0.05, 0.1) is 23.3 Å². The zero-order chi connectivity index (χ0) is 18.0. The van der Waals surface area contributed by atoms with Gasteiger partial charge in [-0.25, -0.2) is 4.68 Å². The van der Waals surface area contributed by atoms with Crippen molar-refractivity contribution in [1.29, 1.82) is 0 Å². The van der Waals surface area contributed by atoms with Crippen LogP contribution in [0, 0.1) is 10.1 Å². The van der Waals surface area contributed by atoms with Gasteiger partial charge in [0, 0.05) is 26.1 Å². The van der Waals surface area contributed by atoms with E-state index >= 15 is 0 Å². The van der Waals surface area contributed by atoms with E-state index in [2.05, 4.69) is 10.4 Å². The number of methoxy groups -OCH3 is 1. The topological polar surface area (TPSA) is 91.5 Å². The molecule has 136 valence electrons. The third kappa shape index (κ3) is 3.68. The number of rotatable bonds is 8. The molecule has 2 aliphatic rings. The second-order valence-electron chi connectivity index (χ2n) is 6.52. The summed E-state index contributed by atoms with van der Waals surface area (Å²) in [6, 6.07) is 0.0158. The molecular weight excluding hydrogens is 324 g/mol. The summed E-state index contributed by atoms with van der Waals surface area (Å²) in [5.74, 6) is 0.270. The summed E-state index contributed by atoms with van der Waals surface area (Å²) in [5.41, 5.74) is 2.61. The first-order valence-corrected chi connectivity index (χ1v) is 8.56. The molecule has 0 radical (unpaired) electrons. The molecule has 0 saturated heterocycles. The molecule has 1 aliphatic carbocycles. The third-order valence-corrected chi connectivity index (χ3v) is 4.37. The Kier molecular flexibility index (Phi) is 5.08. The largest absolute Gasteiger partial charge is 0.472 e. The van der Waals surface area contributed by atoms with Crippen molar-refractivity contribution in [1.82, 2.24) is 15.1 Å². The summed E-state index contributed by atoms with van der Waals surface area (Å²) in [4.78, 5) is 11.3. The van der Waals surface area contributed by atoms with Crippen molar-refractivity contribution in [2.24, 2.45) is 0 Å². The Morgan fingerprint density at radius 1 is 1.44 bits per heavy atom. The van der Waals surface area contributed by atoms with Gasteiger partial charge in [0.25, 0.3) is 0 Å². The maximum atomic E-state index is 11.7. The summed E-state index contributed by atoms with van der Waals surface area (Å²) in [5, 5.41) is 19.4. The number of hydrogen-bond acceptors (Lipinski definition) is 6. The monoisotopic (exact) mass is 348 g/mol. The summed E-state index contributed by atoms with van der Waals surface area (Å²) in [6.45, 7) is 4.87. The Bertz CT molecular complexity index is 718. The fraction of sp³-hybridized carbons (Fsp3) is 0.588. The van der Waals surface area contributed by atoms with Crippen LogP contribution in [-0.4, -0.2) is 41.1 Å². The van der Waals surface area contributed by atoms with Gasteiger partial charge in [-0.05, 0) is 44.5 Å². The highest BCUT2D eigenvalue weighted by Gasteiger charge is 2.40. The van der Waals surface area contributed by atoms with Crippen LogP contribution >= 0.6 is 0 Å². The lowest BCUT2D eigenvalue weighted by Gasteiger charge is -2.22. The fourth-order valence-electron chi connectivity index (χ4n) is 2.95. The molecule has 1 aliphatic heterocycles. The molecule has 0 bridgehead atoms. The smallest absolute Gasteiger partial charge is 0.354 e. The first kappa shape index (κ1) is 17.5. The van der Waals surface area contributed by atoms with E-state index in [4.69, 9.17) is 9.47 Å². The molecule has 2 heterocycles. The van der Waals surface area contributed by atoms with Gasteiger partial charge in [-0.3, -0.25) is 10.1 Å². The Morgan fingerprint density at radius 3 is 2.84 bits per heavy atom. The zero-order valence-electron chi connectivity index (χ0n) is 14.8. The van der Waals surface area contributed by atoms with Crippen molar-refractivity contribution in [2.75, 3.05) is 20.3 Å². The number of allylic oxidation sites excluding steroid dienone is 2. The van der Waals surface area contributed by atoms with E-state index in [0.717, 1.165) is 24.1 Å². The molecule has 1 aromatic heterocycles. The van der Waals surface area contributed by atoms with E-state index in [-0.39, 0.29) is 28.5 Å². The molecule has 1 aromatic rings. The normalized spacial score (nSPS) is 19.9. The van der Waals surface area contributed by atoms with Crippen molar-refractivity contribution in [3.05, 3.63) is 33.7 Å². The first-order valence-electron chi connectivity index (χ1n) is 8.56. The lowest BCUT2D eigenvalue weighted by Crippen LogP contribution is -2.29. The van der Waals surface area contributed by atoms with Gasteiger partial charge < -0.3 is 14.8 Å². The van der Waals surface area contributed by atoms with E-state index < -0.39 is 0 Å². The van der Waals surface area contributed by atoms with Gasteiger partial charge in [0.1, 0.15) is 5.69 Å². The molecular formula is C17H24N4O4. The average molecular weight is 348 g/mol. The first-order chi connectivity index (χ1) is 12.0. The van der Waals surface area contributed by atoms with E-state index in [9.17, 15) is 10.1 Å². The van der Waals surface area contributed by atoms with Crippen LogP contribution in [0.15, 0.2) is 17.8 Å². The highest BCUT2D eigenvalue weighted by molar-refractivity contribution is 5.62. The maximum absolute atomic E-state index is 11.7. The Hall–Kier alpha value is -2.35. The molecule has 8 nitrogen and oxygen atoms in total. The Balaban J connectivity index is 2.00.